The third-order valence-electron chi connectivity index (χ3n) is 5.16. The maximum Gasteiger partial charge on any atom is 0.00104 e. The maximum absolute atomic E-state index is 3.68. The standard InChI is InChI=1S/C20H33N/c1-14(2)21-13-17-9-10-20(5,6)12-19(17)18-11-15(3)7-8-16(18)4/h7-8,11,14,17,19,21H,9-10,12-13H2,1-6H3. The van der Waals surface area contributed by atoms with Crippen LogP contribution in [0.4, 0.5) is 0 Å². The van der Waals surface area contributed by atoms with E-state index < -0.39 is 0 Å². The van der Waals surface area contributed by atoms with Gasteiger partial charge in [-0.3, -0.25) is 0 Å². The van der Waals surface area contributed by atoms with Crippen molar-refractivity contribution in [2.75, 3.05) is 6.54 Å². The van der Waals surface area contributed by atoms with Crippen molar-refractivity contribution in [1.29, 1.82) is 0 Å². The first-order valence-corrected chi connectivity index (χ1v) is 8.59. The second kappa shape index (κ2) is 6.52. The fraction of sp³-hybridized carbons (Fsp3) is 0.700. The van der Waals surface area contributed by atoms with Gasteiger partial charge in [0.05, 0.1) is 0 Å². The van der Waals surface area contributed by atoms with E-state index in [2.05, 4.69) is 65.1 Å². The molecule has 1 nitrogen and oxygen atoms in total. The maximum atomic E-state index is 3.68. The summed E-state index contributed by atoms with van der Waals surface area (Å²) in [5.74, 6) is 1.49. The molecule has 0 saturated heterocycles. The summed E-state index contributed by atoms with van der Waals surface area (Å²) in [5, 5.41) is 3.68. The van der Waals surface area contributed by atoms with Crippen LogP contribution in [0.5, 0.6) is 0 Å². The first-order chi connectivity index (χ1) is 9.78. The van der Waals surface area contributed by atoms with Crippen molar-refractivity contribution in [3.63, 3.8) is 0 Å². The first kappa shape index (κ1) is 16.5. The molecule has 118 valence electrons. The zero-order chi connectivity index (χ0) is 15.6. The van der Waals surface area contributed by atoms with Gasteiger partial charge in [0.25, 0.3) is 0 Å². The summed E-state index contributed by atoms with van der Waals surface area (Å²) in [6.45, 7) is 15.0. The van der Waals surface area contributed by atoms with Crippen molar-refractivity contribution < 1.29 is 0 Å². The number of benzene rings is 1. The van der Waals surface area contributed by atoms with Crippen molar-refractivity contribution >= 4 is 0 Å². The van der Waals surface area contributed by atoms with Crippen molar-refractivity contribution in [3.05, 3.63) is 34.9 Å². The monoisotopic (exact) mass is 287 g/mol. The molecule has 1 aliphatic carbocycles. The summed E-state index contributed by atoms with van der Waals surface area (Å²) in [4.78, 5) is 0. The number of hydrogen-bond donors (Lipinski definition) is 1. The molecular weight excluding hydrogens is 254 g/mol. The lowest BCUT2D eigenvalue weighted by Crippen LogP contribution is -2.37. The molecular formula is C20H33N. The number of rotatable bonds is 4. The van der Waals surface area contributed by atoms with Gasteiger partial charge < -0.3 is 5.32 Å². The minimum Gasteiger partial charge on any atom is -0.314 e. The molecule has 0 spiro atoms. The van der Waals surface area contributed by atoms with E-state index in [1.165, 1.54) is 30.4 Å². The highest BCUT2D eigenvalue weighted by atomic mass is 14.9. The van der Waals surface area contributed by atoms with E-state index in [4.69, 9.17) is 0 Å². The van der Waals surface area contributed by atoms with Gasteiger partial charge in [-0.2, -0.15) is 0 Å². The molecule has 0 amide bonds. The Morgan fingerprint density at radius 1 is 1.24 bits per heavy atom. The van der Waals surface area contributed by atoms with Crippen LogP contribution < -0.4 is 5.32 Å². The third-order valence-corrected chi connectivity index (χ3v) is 5.16. The summed E-state index contributed by atoms with van der Waals surface area (Å²) in [7, 11) is 0. The highest BCUT2D eigenvalue weighted by Gasteiger charge is 2.36. The topological polar surface area (TPSA) is 12.0 Å². The largest absolute Gasteiger partial charge is 0.314 e. The molecule has 0 bridgehead atoms. The van der Waals surface area contributed by atoms with E-state index in [1.54, 1.807) is 5.56 Å². The molecule has 21 heavy (non-hydrogen) atoms. The quantitative estimate of drug-likeness (QED) is 0.801. The highest BCUT2D eigenvalue weighted by molar-refractivity contribution is 5.34. The lowest BCUT2D eigenvalue weighted by molar-refractivity contribution is 0.158. The van der Waals surface area contributed by atoms with Crippen LogP contribution in [0.25, 0.3) is 0 Å². The second-order valence-electron chi connectivity index (χ2n) is 8.20. The van der Waals surface area contributed by atoms with Gasteiger partial charge in [-0.05, 0) is 68.0 Å². The minimum absolute atomic E-state index is 0.481. The molecule has 2 atom stereocenters. The van der Waals surface area contributed by atoms with Crippen LogP contribution >= 0.6 is 0 Å². The van der Waals surface area contributed by atoms with Crippen LogP contribution in [0, 0.1) is 25.2 Å². The molecule has 1 saturated carbocycles. The second-order valence-corrected chi connectivity index (χ2v) is 8.20. The van der Waals surface area contributed by atoms with Crippen LogP contribution in [0.1, 0.15) is 69.6 Å². The molecule has 1 heteroatoms. The summed E-state index contributed by atoms with van der Waals surface area (Å²) in [6, 6.07) is 7.57. The van der Waals surface area contributed by atoms with E-state index >= 15 is 0 Å². The number of hydrogen-bond acceptors (Lipinski definition) is 1. The molecule has 1 aromatic rings. The Kier molecular flexibility index (Phi) is 5.14. The zero-order valence-electron chi connectivity index (χ0n) is 14.8. The number of nitrogens with one attached hydrogen (secondary N) is 1. The van der Waals surface area contributed by atoms with Crippen LogP contribution in [-0.4, -0.2) is 12.6 Å². The van der Waals surface area contributed by atoms with Crippen molar-refractivity contribution in [3.8, 4) is 0 Å². The predicted octanol–water partition coefficient (Wildman–Crippen LogP) is 5.21. The van der Waals surface area contributed by atoms with Gasteiger partial charge in [0, 0.05) is 6.04 Å². The van der Waals surface area contributed by atoms with Crippen LogP contribution in [-0.2, 0) is 0 Å². The molecule has 2 rings (SSSR count). The van der Waals surface area contributed by atoms with Gasteiger partial charge in [-0.1, -0.05) is 51.5 Å². The van der Waals surface area contributed by atoms with Gasteiger partial charge in [0.1, 0.15) is 0 Å². The van der Waals surface area contributed by atoms with Crippen molar-refractivity contribution in [2.45, 2.75) is 72.8 Å². The van der Waals surface area contributed by atoms with E-state index in [-0.39, 0.29) is 0 Å². The van der Waals surface area contributed by atoms with E-state index in [0.717, 1.165) is 12.5 Å². The predicted molar refractivity (Wildman–Crippen MR) is 92.9 cm³/mol. The fourth-order valence-electron chi connectivity index (χ4n) is 3.80. The van der Waals surface area contributed by atoms with Gasteiger partial charge in [0.2, 0.25) is 0 Å². The number of aryl methyl sites for hydroxylation is 2. The van der Waals surface area contributed by atoms with E-state index in [9.17, 15) is 0 Å². The Morgan fingerprint density at radius 3 is 2.62 bits per heavy atom. The van der Waals surface area contributed by atoms with Crippen LogP contribution in [0.15, 0.2) is 18.2 Å². The third kappa shape index (κ3) is 4.32. The average Bonchev–Trinajstić information content (AvgIpc) is 2.39. The van der Waals surface area contributed by atoms with Gasteiger partial charge in [-0.25, -0.2) is 0 Å². The molecule has 1 aromatic carbocycles. The normalized spacial score (nSPS) is 25.3. The molecule has 0 aliphatic heterocycles. The molecule has 0 aromatic heterocycles. The molecule has 2 unspecified atom stereocenters. The van der Waals surface area contributed by atoms with Crippen LogP contribution in [0.2, 0.25) is 0 Å². The van der Waals surface area contributed by atoms with Crippen molar-refractivity contribution in [1.82, 2.24) is 5.32 Å². The fourth-order valence-corrected chi connectivity index (χ4v) is 3.80. The SMILES string of the molecule is Cc1ccc(C)c(C2CC(C)(C)CCC2CNC(C)C)c1. The lowest BCUT2D eigenvalue weighted by atomic mass is 9.64. The minimum atomic E-state index is 0.481. The van der Waals surface area contributed by atoms with Gasteiger partial charge >= 0.3 is 0 Å². The van der Waals surface area contributed by atoms with E-state index in [1.807, 2.05) is 0 Å². The summed E-state index contributed by atoms with van der Waals surface area (Å²) in [5.41, 5.74) is 4.94. The molecule has 0 heterocycles. The van der Waals surface area contributed by atoms with Crippen LogP contribution in [0.3, 0.4) is 0 Å². The first-order valence-electron chi connectivity index (χ1n) is 8.59. The Bertz CT molecular complexity index is 471. The van der Waals surface area contributed by atoms with Gasteiger partial charge in [0.15, 0.2) is 0 Å². The lowest BCUT2D eigenvalue weighted by Gasteiger charge is -2.42. The Morgan fingerprint density at radius 2 is 1.95 bits per heavy atom. The summed E-state index contributed by atoms with van der Waals surface area (Å²) < 4.78 is 0. The smallest absolute Gasteiger partial charge is 0.00104 e. The van der Waals surface area contributed by atoms with Gasteiger partial charge in [-0.15, -0.1) is 0 Å². The zero-order valence-corrected chi connectivity index (χ0v) is 14.8. The molecule has 0 radical (unpaired) electrons. The molecule has 1 N–H and O–H groups in total. The Hall–Kier alpha value is -0.820. The highest BCUT2D eigenvalue weighted by Crippen LogP contribution is 2.47. The molecule has 1 aliphatic rings. The Balaban J connectivity index is 2.26. The molecule has 1 fully saturated rings. The van der Waals surface area contributed by atoms with E-state index in [0.29, 0.717) is 17.4 Å². The van der Waals surface area contributed by atoms with Crippen molar-refractivity contribution in [2.24, 2.45) is 11.3 Å². The Labute approximate surface area is 131 Å². The average molecular weight is 287 g/mol. The summed E-state index contributed by atoms with van der Waals surface area (Å²) in [6.07, 6.45) is 4.03. The summed E-state index contributed by atoms with van der Waals surface area (Å²) >= 11 is 0.